The van der Waals surface area contributed by atoms with E-state index in [-0.39, 0.29) is 23.8 Å². The zero-order valence-corrected chi connectivity index (χ0v) is 24.2. The lowest BCUT2D eigenvalue weighted by molar-refractivity contribution is -0.122. The average molecular weight is 682 g/mol. The summed E-state index contributed by atoms with van der Waals surface area (Å²) in [5.41, 5.74) is 1.66. The summed E-state index contributed by atoms with van der Waals surface area (Å²) in [6.07, 6.45) is 1.35. The van der Waals surface area contributed by atoms with Gasteiger partial charge in [-0.15, -0.1) is 0 Å². The number of hydrogen-bond acceptors (Lipinski definition) is 5. The second-order valence-corrected chi connectivity index (χ2v) is 10.6. The Kier molecular flexibility index (Phi) is 8.57. The Morgan fingerprint density at radius 3 is 2.29 bits per heavy atom. The quantitative estimate of drug-likeness (QED) is 0.228. The van der Waals surface area contributed by atoms with Crippen LogP contribution in [0.3, 0.4) is 0 Å². The molecule has 1 fully saturated rings. The van der Waals surface area contributed by atoms with Gasteiger partial charge >= 0.3 is 6.03 Å². The lowest BCUT2D eigenvalue weighted by atomic mass is 10.1. The van der Waals surface area contributed by atoms with E-state index in [0.717, 1.165) is 4.90 Å². The van der Waals surface area contributed by atoms with Gasteiger partial charge < -0.3 is 10.1 Å². The van der Waals surface area contributed by atoms with Crippen LogP contribution >= 0.6 is 55.1 Å². The van der Waals surface area contributed by atoms with Gasteiger partial charge in [-0.25, -0.2) is 9.69 Å². The summed E-state index contributed by atoms with van der Waals surface area (Å²) in [5.74, 6) is -1.68. The number of halogens is 4. The van der Waals surface area contributed by atoms with Crippen molar-refractivity contribution in [1.29, 1.82) is 0 Å². The van der Waals surface area contributed by atoms with Gasteiger partial charge in [0, 0.05) is 15.7 Å². The summed E-state index contributed by atoms with van der Waals surface area (Å²) in [7, 11) is 0. The molecule has 0 atom stereocenters. The van der Waals surface area contributed by atoms with Crippen LogP contribution in [-0.4, -0.2) is 30.4 Å². The van der Waals surface area contributed by atoms with Crippen molar-refractivity contribution in [2.75, 3.05) is 16.8 Å². The van der Waals surface area contributed by atoms with E-state index in [1.807, 2.05) is 0 Å². The van der Waals surface area contributed by atoms with E-state index in [1.165, 1.54) is 12.1 Å². The minimum Gasteiger partial charge on any atom is -0.481 e. The van der Waals surface area contributed by atoms with Crippen molar-refractivity contribution in [3.8, 4) is 5.75 Å². The van der Waals surface area contributed by atoms with Crippen molar-refractivity contribution in [1.82, 2.24) is 5.32 Å². The predicted molar refractivity (Wildman–Crippen MR) is 153 cm³/mol. The molecular formula is C26H17Br2Cl2N3O5. The standard InChI is InChI=1S/C26H17Br2Cl2N3O5/c1-13-2-3-16(30)11-21(13)33-25(36)18(24(35)32-26(33)37)8-14-9-19(27)23(20(28)10-14)38-12-22(34)31-17-6-4-15(29)5-7-17/h2-11H,12H2,1H3,(H,31,34)(H,32,35,37)/b18-8+. The van der Waals surface area contributed by atoms with Gasteiger partial charge in [0.1, 0.15) is 11.3 Å². The number of rotatable bonds is 6. The number of hydrogen-bond donors (Lipinski definition) is 2. The molecule has 0 unspecified atom stereocenters. The van der Waals surface area contributed by atoms with Gasteiger partial charge in [-0.3, -0.25) is 19.7 Å². The van der Waals surface area contributed by atoms with Crippen LogP contribution in [0.4, 0.5) is 16.2 Å². The van der Waals surface area contributed by atoms with Gasteiger partial charge in [0.05, 0.1) is 14.6 Å². The lowest BCUT2D eigenvalue weighted by Gasteiger charge is -2.27. The molecule has 2 N–H and O–H groups in total. The second-order valence-electron chi connectivity index (χ2n) is 8.05. The Morgan fingerprint density at radius 1 is 1.00 bits per heavy atom. The van der Waals surface area contributed by atoms with Crippen LogP contribution in [0.25, 0.3) is 6.08 Å². The van der Waals surface area contributed by atoms with Crippen LogP contribution in [-0.2, 0) is 14.4 Å². The highest BCUT2D eigenvalue weighted by atomic mass is 79.9. The van der Waals surface area contributed by atoms with E-state index in [9.17, 15) is 19.2 Å². The molecule has 1 aliphatic heterocycles. The molecule has 12 heteroatoms. The van der Waals surface area contributed by atoms with Crippen LogP contribution < -0.4 is 20.3 Å². The highest BCUT2D eigenvalue weighted by molar-refractivity contribution is 9.11. The van der Waals surface area contributed by atoms with E-state index < -0.39 is 17.8 Å². The number of benzene rings is 3. The van der Waals surface area contributed by atoms with E-state index in [4.69, 9.17) is 27.9 Å². The molecule has 1 aliphatic rings. The number of amides is 5. The molecule has 3 aromatic carbocycles. The highest BCUT2D eigenvalue weighted by Gasteiger charge is 2.37. The number of urea groups is 1. The van der Waals surface area contributed by atoms with E-state index in [0.29, 0.717) is 41.6 Å². The summed E-state index contributed by atoms with van der Waals surface area (Å²) in [6.45, 7) is 1.44. The molecular weight excluding hydrogens is 665 g/mol. The van der Waals surface area contributed by atoms with Gasteiger partial charge in [0.25, 0.3) is 17.7 Å². The molecule has 8 nitrogen and oxygen atoms in total. The van der Waals surface area contributed by atoms with Crippen molar-refractivity contribution in [2.45, 2.75) is 6.92 Å². The first-order valence-corrected chi connectivity index (χ1v) is 13.2. The molecule has 1 saturated heterocycles. The maximum Gasteiger partial charge on any atom is 0.335 e. The molecule has 0 saturated carbocycles. The Morgan fingerprint density at radius 2 is 1.63 bits per heavy atom. The van der Waals surface area contributed by atoms with Crippen molar-refractivity contribution in [3.63, 3.8) is 0 Å². The largest absolute Gasteiger partial charge is 0.481 e. The third kappa shape index (κ3) is 6.27. The molecule has 0 aromatic heterocycles. The summed E-state index contributed by atoms with van der Waals surface area (Å²) >= 11 is 18.7. The van der Waals surface area contributed by atoms with E-state index in [1.54, 1.807) is 55.5 Å². The number of anilines is 2. The normalized spacial score (nSPS) is 14.5. The molecule has 194 valence electrons. The van der Waals surface area contributed by atoms with E-state index >= 15 is 0 Å². The van der Waals surface area contributed by atoms with E-state index in [2.05, 4.69) is 42.5 Å². The second kappa shape index (κ2) is 11.7. The maximum atomic E-state index is 13.2. The molecule has 4 rings (SSSR count). The molecule has 0 aliphatic carbocycles. The predicted octanol–water partition coefficient (Wildman–Crippen LogP) is 6.51. The molecule has 0 spiro atoms. The molecule has 0 radical (unpaired) electrons. The summed E-state index contributed by atoms with van der Waals surface area (Å²) in [5, 5.41) is 5.77. The Bertz CT molecular complexity index is 1490. The average Bonchev–Trinajstić information content (AvgIpc) is 2.84. The van der Waals surface area contributed by atoms with Crippen LogP contribution in [0.1, 0.15) is 11.1 Å². The molecule has 5 amide bonds. The molecule has 1 heterocycles. The zero-order valence-electron chi connectivity index (χ0n) is 19.5. The summed E-state index contributed by atoms with van der Waals surface area (Å²) < 4.78 is 6.58. The summed E-state index contributed by atoms with van der Waals surface area (Å²) in [4.78, 5) is 51.5. The fourth-order valence-corrected chi connectivity index (χ4v) is 5.28. The smallest absolute Gasteiger partial charge is 0.335 e. The van der Waals surface area contributed by atoms with Gasteiger partial charge in [-0.1, -0.05) is 29.3 Å². The third-order valence-electron chi connectivity index (χ3n) is 5.32. The van der Waals surface area contributed by atoms with Crippen LogP contribution in [0.5, 0.6) is 5.75 Å². The van der Waals surface area contributed by atoms with Crippen LogP contribution in [0, 0.1) is 6.92 Å². The SMILES string of the molecule is Cc1ccc(Cl)cc1N1C(=O)NC(=O)/C(=C\c2cc(Br)c(OCC(=O)Nc3ccc(Cl)cc3)c(Br)c2)C1=O. The Labute approximate surface area is 244 Å². The zero-order chi connectivity index (χ0) is 27.6. The van der Waals surface area contributed by atoms with Gasteiger partial charge in [0.15, 0.2) is 6.61 Å². The number of barbiturate groups is 1. The fourth-order valence-electron chi connectivity index (χ4n) is 3.54. The Hall–Kier alpha value is -3.18. The number of ether oxygens (including phenoxy) is 1. The minimum atomic E-state index is -0.870. The molecule has 3 aromatic rings. The first-order valence-electron chi connectivity index (χ1n) is 10.9. The van der Waals surface area contributed by atoms with Crippen molar-refractivity contribution >= 4 is 96.3 Å². The molecule has 0 bridgehead atoms. The lowest BCUT2D eigenvalue weighted by Crippen LogP contribution is -2.54. The van der Waals surface area contributed by atoms with Crippen molar-refractivity contribution in [3.05, 3.63) is 90.3 Å². The number of nitrogens with one attached hydrogen (secondary N) is 2. The Balaban J connectivity index is 1.54. The van der Waals surface area contributed by atoms with Crippen molar-refractivity contribution in [2.24, 2.45) is 0 Å². The summed E-state index contributed by atoms with van der Waals surface area (Å²) in [6, 6.07) is 13.8. The fraction of sp³-hybridized carbons (Fsp3) is 0.0769. The number of carbonyl (C=O) groups excluding carboxylic acids is 4. The van der Waals surface area contributed by atoms with Crippen LogP contribution in [0.15, 0.2) is 69.1 Å². The number of imide groups is 2. The van der Waals surface area contributed by atoms with Gasteiger partial charge in [-0.2, -0.15) is 0 Å². The third-order valence-corrected chi connectivity index (χ3v) is 6.99. The van der Waals surface area contributed by atoms with Crippen molar-refractivity contribution < 1.29 is 23.9 Å². The first kappa shape index (κ1) is 27.8. The topological polar surface area (TPSA) is 105 Å². The minimum absolute atomic E-state index is 0.251. The first-order chi connectivity index (χ1) is 18.0. The number of carbonyl (C=O) groups is 4. The number of aryl methyl sites for hydroxylation is 1. The highest BCUT2D eigenvalue weighted by Crippen LogP contribution is 2.36. The van der Waals surface area contributed by atoms with Gasteiger partial charge in [-0.05, 0) is 105 Å². The maximum absolute atomic E-state index is 13.2. The van der Waals surface area contributed by atoms with Gasteiger partial charge in [0.2, 0.25) is 0 Å². The van der Waals surface area contributed by atoms with Crippen LogP contribution in [0.2, 0.25) is 10.0 Å². The number of nitrogens with zero attached hydrogens (tertiary/aromatic N) is 1. The molecule has 38 heavy (non-hydrogen) atoms. The monoisotopic (exact) mass is 679 g/mol.